The van der Waals surface area contributed by atoms with E-state index < -0.39 is 11.9 Å². The highest BCUT2D eigenvalue weighted by molar-refractivity contribution is 5.97. The molecule has 0 saturated heterocycles. The van der Waals surface area contributed by atoms with E-state index in [9.17, 15) is 14.4 Å². The Labute approximate surface area is 144 Å². The molecule has 9 nitrogen and oxygen atoms in total. The highest BCUT2D eigenvalue weighted by Crippen LogP contribution is 2.13. The lowest BCUT2D eigenvalue weighted by molar-refractivity contribution is -0.116. The third-order valence-electron chi connectivity index (χ3n) is 3.51. The van der Waals surface area contributed by atoms with Crippen LogP contribution in [0.5, 0.6) is 0 Å². The fourth-order valence-electron chi connectivity index (χ4n) is 2.24. The highest BCUT2D eigenvalue weighted by Gasteiger charge is 2.14. The van der Waals surface area contributed by atoms with Crippen LogP contribution >= 0.6 is 0 Å². The summed E-state index contributed by atoms with van der Waals surface area (Å²) >= 11 is 0. The molecule has 0 spiro atoms. The second-order valence-electron chi connectivity index (χ2n) is 5.21. The summed E-state index contributed by atoms with van der Waals surface area (Å²) in [5.74, 6) is -1.73. The number of carboxylic acids is 1. The first-order valence-corrected chi connectivity index (χ1v) is 7.77. The number of aromatic nitrogens is 3. The predicted molar refractivity (Wildman–Crippen MR) is 89.3 cm³/mol. The zero-order chi connectivity index (χ0) is 18.4. The summed E-state index contributed by atoms with van der Waals surface area (Å²) in [6.45, 7) is 4.82. The minimum Gasteiger partial charge on any atom is -0.476 e. The van der Waals surface area contributed by atoms with Crippen LogP contribution in [-0.2, 0) is 11.3 Å². The molecule has 1 heterocycles. The molecule has 0 aliphatic rings. The minimum absolute atomic E-state index is 0.108. The number of nitrogens with zero attached hydrogens (tertiary/aromatic N) is 4. The molecule has 1 aromatic heterocycles. The largest absolute Gasteiger partial charge is 0.476 e. The molecular weight excluding hydrogens is 326 g/mol. The van der Waals surface area contributed by atoms with Crippen LogP contribution in [0.15, 0.2) is 30.5 Å². The number of nitrogens with one attached hydrogen (secondary N) is 1. The van der Waals surface area contributed by atoms with E-state index in [0.29, 0.717) is 24.3 Å². The first-order valence-electron chi connectivity index (χ1n) is 7.77. The van der Waals surface area contributed by atoms with Crippen LogP contribution < -0.4 is 5.32 Å². The van der Waals surface area contributed by atoms with E-state index in [2.05, 4.69) is 15.6 Å². The Morgan fingerprint density at radius 1 is 1.24 bits per heavy atom. The van der Waals surface area contributed by atoms with Crippen molar-refractivity contribution in [3.63, 3.8) is 0 Å². The normalized spacial score (nSPS) is 10.3. The van der Waals surface area contributed by atoms with Crippen LogP contribution in [0.2, 0.25) is 0 Å². The van der Waals surface area contributed by atoms with Gasteiger partial charge in [-0.2, -0.15) is 0 Å². The van der Waals surface area contributed by atoms with Gasteiger partial charge in [0.05, 0.1) is 6.20 Å². The van der Waals surface area contributed by atoms with E-state index in [4.69, 9.17) is 5.11 Å². The van der Waals surface area contributed by atoms with E-state index in [1.807, 2.05) is 13.8 Å². The summed E-state index contributed by atoms with van der Waals surface area (Å²) in [6.07, 6.45) is 1.17. The highest BCUT2D eigenvalue weighted by atomic mass is 16.4. The maximum atomic E-state index is 12.3. The SMILES string of the molecule is CCN(CC)C(=O)c1cccc(NC(=O)Cn2cc(C(=O)O)nn2)c1. The van der Waals surface area contributed by atoms with Gasteiger partial charge in [0.25, 0.3) is 5.91 Å². The van der Waals surface area contributed by atoms with Gasteiger partial charge in [0.2, 0.25) is 5.91 Å². The molecule has 2 aromatic rings. The van der Waals surface area contributed by atoms with Crippen molar-refractivity contribution in [1.82, 2.24) is 19.9 Å². The van der Waals surface area contributed by atoms with Gasteiger partial charge in [-0.15, -0.1) is 5.10 Å². The Bertz CT molecular complexity index is 782. The monoisotopic (exact) mass is 345 g/mol. The Morgan fingerprint density at radius 3 is 2.56 bits per heavy atom. The average Bonchev–Trinajstić information content (AvgIpc) is 3.04. The lowest BCUT2D eigenvalue weighted by Crippen LogP contribution is -2.30. The summed E-state index contributed by atoms with van der Waals surface area (Å²) in [4.78, 5) is 36.8. The third-order valence-corrected chi connectivity index (χ3v) is 3.51. The van der Waals surface area contributed by atoms with Crippen molar-refractivity contribution in [3.8, 4) is 0 Å². The lowest BCUT2D eigenvalue weighted by Gasteiger charge is -2.19. The number of rotatable bonds is 7. The molecule has 0 aliphatic heterocycles. The van der Waals surface area contributed by atoms with Crippen LogP contribution in [-0.4, -0.2) is 55.9 Å². The number of carboxylic acid groups (broad SMARTS) is 1. The molecule has 2 N–H and O–H groups in total. The smallest absolute Gasteiger partial charge is 0.358 e. The van der Waals surface area contributed by atoms with E-state index >= 15 is 0 Å². The standard InChI is InChI=1S/C16H19N5O4/c1-3-20(4-2)15(23)11-6-5-7-12(8-11)17-14(22)10-21-9-13(16(24)25)18-19-21/h5-9H,3-4,10H2,1-2H3,(H,17,22)(H,24,25). The Balaban J connectivity index is 2.04. The molecule has 0 saturated carbocycles. The van der Waals surface area contributed by atoms with Crippen molar-refractivity contribution in [2.24, 2.45) is 0 Å². The fraction of sp³-hybridized carbons (Fsp3) is 0.312. The Morgan fingerprint density at radius 2 is 1.96 bits per heavy atom. The van der Waals surface area contributed by atoms with Gasteiger partial charge in [-0.1, -0.05) is 11.3 Å². The third kappa shape index (κ3) is 4.63. The molecule has 132 valence electrons. The van der Waals surface area contributed by atoms with Gasteiger partial charge in [0, 0.05) is 24.3 Å². The summed E-state index contributed by atoms with van der Waals surface area (Å²) in [5.41, 5.74) is 0.719. The van der Waals surface area contributed by atoms with E-state index in [-0.39, 0.29) is 18.1 Å². The van der Waals surface area contributed by atoms with Crippen molar-refractivity contribution in [2.45, 2.75) is 20.4 Å². The van der Waals surface area contributed by atoms with Gasteiger partial charge in [-0.05, 0) is 32.0 Å². The molecule has 0 bridgehead atoms. The molecule has 0 radical (unpaired) electrons. The predicted octanol–water partition coefficient (Wildman–Crippen LogP) is 1.10. The van der Waals surface area contributed by atoms with E-state index in [1.54, 1.807) is 29.2 Å². The van der Waals surface area contributed by atoms with Gasteiger partial charge in [-0.25, -0.2) is 9.48 Å². The fourth-order valence-corrected chi connectivity index (χ4v) is 2.24. The van der Waals surface area contributed by atoms with Crippen LogP contribution in [0, 0.1) is 0 Å². The summed E-state index contributed by atoms with van der Waals surface area (Å²) in [6, 6.07) is 6.64. The molecule has 25 heavy (non-hydrogen) atoms. The van der Waals surface area contributed by atoms with Crippen molar-refractivity contribution >= 4 is 23.5 Å². The molecule has 9 heteroatoms. The van der Waals surface area contributed by atoms with Crippen molar-refractivity contribution in [1.29, 1.82) is 0 Å². The molecule has 2 rings (SSSR count). The average molecular weight is 345 g/mol. The summed E-state index contributed by atoms with van der Waals surface area (Å²) in [5, 5.41) is 18.4. The minimum atomic E-state index is -1.21. The molecule has 0 unspecified atom stereocenters. The van der Waals surface area contributed by atoms with Crippen LogP contribution in [0.3, 0.4) is 0 Å². The maximum absolute atomic E-state index is 12.3. The number of carbonyl (C=O) groups is 3. The number of aromatic carboxylic acids is 1. The molecule has 1 aromatic carbocycles. The molecule has 0 aliphatic carbocycles. The number of amides is 2. The van der Waals surface area contributed by atoms with Gasteiger partial charge >= 0.3 is 5.97 Å². The summed E-state index contributed by atoms with van der Waals surface area (Å²) in [7, 11) is 0. The van der Waals surface area contributed by atoms with E-state index in [1.165, 1.54) is 6.20 Å². The number of hydrogen-bond donors (Lipinski definition) is 2. The second-order valence-corrected chi connectivity index (χ2v) is 5.21. The number of carbonyl (C=O) groups excluding carboxylic acids is 2. The van der Waals surface area contributed by atoms with Crippen LogP contribution in [0.25, 0.3) is 0 Å². The lowest BCUT2D eigenvalue weighted by atomic mass is 10.1. The first kappa shape index (κ1) is 18.1. The van der Waals surface area contributed by atoms with Gasteiger partial charge < -0.3 is 15.3 Å². The summed E-state index contributed by atoms with van der Waals surface area (Å²) < 4.78 is 1.13. The van der Waals surface area contributed by atoms with Crippen molar-refractivity contribution in [2.75, 3.05) is 18.4 Å². The Kier molecular flexibility index (Phi) is 5.83. The molecule has 0 fully saturated rings. The van der Waals surface area contributed by atoms with Crippen molar-refractivity contribution < 1.29 is 19.5 Å². The topological polar surface area (TPSA) is 117 Å². The number of benzene rings is 1. The van der Waals surface area contributed by atoms with Gasteiger partial charge in [0.1, 0.15) is 6.54 Å². The van der Waals surface area contributed by atoms with Gasteiger partial charge in [0.15, 0.2) is 5.69 Å². The van der Waals surface area contributed by atoms with E-state index in [0.717, 1.165) is 4.68 Å². The first-order chi connectivity index (χ1) is 11.9. The van der Waals surface area contributed by atoms with Crippen LogP contribution in [0.4, 0.5) is 5.69 Å². The molecule has 0 atom stereocenters. The maximum Gasteiger partial charge on any atom is 0.358 e. The zero-order valence-corrected chi connectivity index (χ0v) is 14.0. The van der Waals surface area contributed by atoms with Gasteiger partial charge in [-0.3, -0.25) is 9.59 Å². The zero-order valence-electron chi connectivity index (χ0n) is 14.0. The Hall–Kier alpha value is -3.23. The van der Waals surface area contributed by atoms with Crippen molar-refractivity contribution in [3.05, 3.63) is 41.7 Å². The quantitative estimate of drug-likeness (QED) is 0.776. The number of hydrogen-bond acceptors (Lipinski definition) is 5. The second kappa shape index (κ2) is 8.04. The molecule has 2 amide bonds. The van der Waals surface area contributed by atoms with Crippen LogP contribution in [0.1, 0.15) is 34.7 Å². The number of anilines is 1. The molecular formula is C16H19N5O4.